The summed E-state index contributed by atoms with van der Waals surface area (Å²) in [6.07, 6.45) is 0. The van der Waals surface area contributed by atoms with Gasteiger partial charge >= 0.3 is 0 Å². The van der Waals surface area contributed by atoms with E-state index in [1.807, 2.05) is 18.2 Å². The predicted molar refractivity (Wildman–Crippen MR) is 74.7 cm³/mol. The summed E-state index contributed by atoms with van der Waals surface area (Å²) < 4.78 is 0. The molecule has 0 spiro atoms. The first kappa shape index (κ1) is 14.5. The van der Waals surface area contributed by atoms with E-state index in [1.165, 1.54) is 0 Å². The lowest BCUT2D eigenvalue weighted by Gasteiger charge is -2.29. The molecule has 0 radical (unpaired) electrons. The van der Waals surface area contributed by atoms with Gasteiger partial charge in [-0.2, -0.15) is 0 Å². The zero-order chi connectivity index (χ0) is 13.8. The number of aliphatic hydroxyl groups excluding tert-OH is 1. The molecule has 0 saturated carbocycles. The average Bonchev–Trinajstić information content (AvgIpc) is 2.28. The van der Waals surface area contributed by atoms with Gasteiger partial charge in [0.05, 0.1) is 0 Å². The summed E-state index contributed by atoms with van der Waals surface area (Å²) in [5.41, 5.74) is 1.79. The van der Waals surface area contributed by atoms with Crippen LogP contribution in [0.4, 0.5) is 11.4 Å². The summed E-state index contributed by atoms with van der Waals surface area (Å²) in [6.45, 7) is 8.13. The van der Waals surface area contributed by atoms with Crippen LogP contribution < -0.4 is 10.6 Å². The summed E-state index contributed by atoms with van der Waals surface area (Å²) >= 11 is 0. The molecule has 1 amide bonds. The van der Waals surface area contributed by atoms with Gasteiger partial charge < -0.3 is 15.7 Å². The zero-order valence-electron chi connectivity index (χ0n) is 11.4. The van der Waals surface area contributed by atoms with Crippen LogP contribution in [0.2, 0.25) is 0 Å². The number of nitrogens with one attached hydrogen (secondary N) is 2. The van der Waals surface area contributed by atoms with Crippen LogP contribution in [0.5, 0.6) is 0 Å². The maximum Gasteiger partial charge on any atom is 0.250 e. The van der Waals surface area contributed by atoms with E-state index in [4.69, 9.17) is 5.11 Å². The Balaban J connectivity index is 2.73. The van der Waals surface area contributed by atoms with Crippen LogP contribution in [0.3, 0.4) is 0 Å². The monoisotopic (exact) mass is 250 g/mol. The second-order valence-electron chi connectivity index (χ2n) is 5.52. The van der Waals surface area contributed by atoms with Crippen LogP contribution in [0.1, 0.15) is 27.7 Å². The van der Waals surface area contributed by atoms with E-state index in [1.54, 1.807) is 6.07 Å². The Morgan fingerprint density at radius 3 is 2.50 bits per heavy atom. The number of anilines is 2. The summed E-state index contributed by atoms with van der Waals surface area (Å²) in [5.74, 6) is -0.406. The third-order valence-electron chi connectivity index (χ3n) is 2.97. The summed E-state index contributed by atoms with van der Waals surface area (Å²) in [5, 5.41) is 14.7. The van der Waals surface area contributed by atoms with Crippen molar-refractivity contribution in [2.75, 3.05) is 17.2 Å². The van der Waals surface area contributed by atoms with Gasteiger partial charge in [0.1, 0.15) is 6.61 Å². The number of hydrogen-bond acceptors (Lipinski definition) is 3. The fraction of sp³-hybridized carbons (Fsp3) is 0.500. The van der Waals surface area contributed by atoms with Crippen molar-refractivity contribution in [2.45, 2.75) is 33.7 Å². The number of aliphatic hydroxyl groups is 1. The van der Waals surface area contributed by atoms with Gasteiger partial charge in [0.25, 0.3) is 0 Å². The highest BCUT2D eigenvalue weighted by Gasteiger charge is 2.19. The van der Waals surface area contributed by atoms with Crippen LogP contribution in [0.15, 0.2) is 24.3 Å². The van der Waals surface area contributed by atoms with E-state index < -0.39 is 12.5 Å². The number of benzene rings is 1. The van der Waals surface area contributed by atoms with E-state index in [0.717, 1.165) is 5.69 Å². The van der Waals surface area contributed by atoms with Gasteiger partial charge in [-0.3, -0.25) is 4.79 Å². The molecule has 0 aliphatic carbocycles. The maximum atomic E-state index is 11.1. The normalized spacial score (nSPS) is 12.9. The van der Waals surface area contributed by atoms with Crippen molar-refractivity contribution < 1.29 is 9.90 Å². The molecule has 1 aromatic carbocycles. The minimum atomic E-state index is -0.504. The van der Waals surface area contributed by atoms with Gasteiger partial charge in [0.15, 0.2) is 0 Å². The molecule has 4 nitrogen and oxygen atoms in total. The van der Waals surface area contributed by atoms with E-state index in [9.17, 15) is 4.79 Å². The Morgan fingerprint density at radius 2 is 1.94 bits per heavy atom. The zero-order valence-corrected chi connectivity index (χ0v) is 11.4. The van der Waals surface area contributed by atoms with Crippen molar-refractivity contribution in [3.63, 3.8) is 0 Å². The van der Waals surface area contributed by atoms with Crippen LogP contribution in [-0.2, 0) is 4.79 Å². The van der Waals surface area contributed by atoms with E-state index in [-0.39, 0.29) is 5.41 Å². The number of rotatable bonds is 4. The third-order valence-corrected chi connectivity index (χ3v) is 2.97. The molecule has 0 unspecified atom stereocenters. The van der Waals surface area contributed by atoms with Crippen LogP contribution in [-0.4, -0.2) is 23.7 Å². The van der Waals surface area contributed by atoms with Gasteiger partial charge in [-0.15, -0.1) is 0 Å². The Kier molecular flexibility index (Phi) is 4.73. The highest BCUT2D eigenvalue weighted by atomic mass is 16.3. The van der Waals surface area contributed by atoms with Crippen molar-refractivity contribution in [1.29, 1.82) is 0 Å². The average molecular weight is 250 g/mol. The molecular weight excluding hydrogens is 228 g/mol. The molecular formula is C14H22N2O2. The summed E-state index contributed by atoms with van der Waals surface area (Å²) in [6, 6.07) is 7.78. The fourth-order valence-electron chi connectivity index (χ4n) is 1.35. The first-order chi connectivity index (χ1) is 8.32. The lowest BCUT2D eigenvalue weighted by molar-refractivity contribution is -0.118. The van der Waals surface area contributed by atoms with Crippen molar-refractivity contribution in [3.8, 4) is 0 Å². The first-order valence-corrected chi connectivity index (χ1v) is 6.10. The molecule has 3 N–H and O–H groups in total. The Morgan fingerprint density at radius 1 is 1.33 bits per heavy atom. The Labute approximate surface area is 108 Å². The number of amides is 1. The third kappa shape index (κ3) is 4.37. The molecule has 0 aliphatic rings. The molecule has 4 heteroatoms. The standard InChI is InChI=1S/C14H22N2O2/c1-10(14(2,3)4)15-11-6-5-7-12(8-11)16-13(18)9-17/h5-8,10,15,17H,9H2,1-4H3,(H,16,18)/t10-/m0/s1. The molecule has 0 aliphatic heterocycles. The Bertz CT molecular complexity index is 411. The second-order valence-corrected chi connectivity index (χ2v) is 5.52. The molecule has 0 saturated heterocycles. The lowest BCUT2D eigenvalue weighted by atomic mass is 9.88. The highest BCUT2D eigenvalue weighted by molar-refractivity contribution is 5.91. The quantitative estimate of drug-likeness (QED) is 0.769. The molecule has 0 aromatic heterocycles. The van der Waals surface area contributed by atoms with Crippen molar-refractivity contribution in [3.05, 3.63) is 24.3 Å². The SMILES string of the molecule is C[C@H](Nc1cccc(NC(=O)CO)c1)C(C)(C)C. The molecule has 0 bridgehead atoms. The minimum Gasteiger partial charge on any atom is -0.387 e. The topological polar surface area (TPSA) is 61.4 Å². The summed E-state index contributed by atoms with van der Waals surface area (Å²) in [7, 11) is 0. The van der Waals surface area contributed by atoms with E-state index in [0.29, 0.717) is 11.7 Å². The predicted octanol–water partition coefficient (Wildman–Crippen LogP) is 2.46. The van der Waals surface area contributed by atoms with Gasteiger partial charge in [-0.05, 0) is 30.5 Å². The van der Waals surface area contributed by atoms with Gasteiger partial charge in [0, 0.05) is 17.4 Å². The molecule has 1 aromatic rings. The Hall–Kier alpha value is -1.55. The molecule has 0 fully saturated rings. The molecule has 18 heavy (non-hydrogen) atoms. The number of carbonyl (C=O) groups excluding carboxylic acids is 1. The van der Waals surface area contributed by atoms with Crippen molar-refractivity contribution >= 4 is 17.3 Å². The molecule has 1 rings (SSSR count). The van der Waals surface area contributed by atoms with Gasteiger partial charge in [-0.25, -0.2) is 0 Å². The van der Waals surface area contributed by atoms with Crippen LogP contribution >= 0.6 is 0 Å². The maximum absolute atomic E-state index is 11.1. The van der Waals surface area contributed by atoms with Gasteiger partial charge in [-0.1, -0.05) is 26.8 Å². The van der Waals surface area contributed by atoms with E-state index >= 15 is 0 Å². The minimum absolute atomic E-state index is 0.157. The fourth-order valence-corrected chi connectivity index (χ4v) is 1.35. The highest BCUT2D eigenvalue weighted by Crippen LogP contribution is 2.24. The lowest BCUT2D eigenvalue weighted by Crippen LogP contribution is -2.30. The molecule has 0 heterocycles. The van der Waals surface area contributed by atoms with E-state index in [2.05, 4.69) is 38.3 Å². The van der Waals surface area contributed by atoms with Crippen LogP contribution in [0, 0.1) is 5.41 Å². The molecule has 1 atom stereocenters. The largest absolute Gasteiger partial charge is 0.387 e. The number of carbonyl (C=O) groups is 1. The number of hydrogen-bond donors (Lipinski definition) is 3. The summed E-state index contributed by atoms with van der Waals surface area (Å²) in [4.78, 5) is 11.1. The van der Waals surface area contributed by atoms with Crippen molar-refractivity contribution in [2.24, 2.45) is 5.41 Å². The van der Waals surface area contributed by atoms with Crippen molar-refractivity contribution in [1.82, 2.24) is 0 Å². The second kappa shape index (κ2) is 5.87. The van der Waals surface area contributed by atoms with Gasteiger partial charge in [0.2, 0.25) is 5.91 Å². The first-order valence-electron chi connectivity index (χ1n) is 6.10. The van der Waals surface area contributed by atoms with Crippen LogP contribution in [0.25, 0.3) is 0 Å². The smallest absolute Gasteiger partial charge is 0.250 e. The molecule has 100 valence electrons.